The van der Waals surface area contributed by atoms with Gasteiger partial charge in [0.25, 0.3) is 5.91 Å². The highest BCUT2D eigenvalue weighted by atomic mass is 16.3. The van der Waals surface area contributed by atoms with Crippen molar-refractivity contribution in [3.8, 4) is 11.3 Å². The van der Waals surface area contributed by atoms with Crippen LogP contribution in [0.4, 0.5) is 5.69 Å². The number of pyridine rings is 1. The van der Waals surface area contributed by atoms with Gasteiger partial charge in [0, 0.05) is 48.2 Å². The smallest absolute Gasteiger partial charge is 0.278 e. The standard InChI is InChI=1S/C23H23N5O3/c1-23(2,31)14-28-20-5-4-15(13-29)8-17(20)10-21(28)26-22(30)16-6-7-24-19(9-16)18-11-25-27(3)12-18/h4-9,11-13,31H,10,14H2,1-3H3. The van der Waals surface area contributed by atoms with Gasteiger partial charge in [-0.25, -0.2) is 0 Å². The predicted molar refractivity (Wildman–Crippen MR) is 117 cm³/mol. The van der Waals surface area contributed by atoms with Crippen LogP contribution in [-0.2, 0) is 13.5 Å². The summed E-state index contributed by atoms with van der Waals surface area (Å²) in [6.45, 7) is 3.67. The van der Waals surface area contributed by atoms with E-state index >= 15 is 0 Å². The first-order chi connectivity index (χ1) is 14.7. The van der Waals surface area contributed by atoms with Crippen LogP contribution >= 0.6 is 0 Å². The van der Waals surface area contributed by atoms with Crippen molar-refractivity contribution in [2.24, 2.45) is 12.0 Å². The van der Waals surface area contributed by atoms with E-state index in [9.17, 15) is 14.7 Å². The maximum atomic E-state index is 13.0. The van der Waals surface area contributed by atoms with E-state index in [0.29, 0.717) is 29.1 Å². The summed E-state index contributed by atoms with van der Waals surface area (Å²) in [6.07, 6.45) is 6.28. The Hall–Kier alpha value is -3.65. The fourth-order valence-electron chi connectivity index (χ4n) is 3.61. The van der Waals surface area contributed by atoms with Gasteiger partial charge < -0.3 is 10.0 Å². The Bertz CT molecular complexity index is 1190. The third kappa shape index (κ3) is 4.44. The summed E-state index contributed by atoms with van der Waals surface area (Å²) in [6, 6.07) is 8.65. The molecule has 3 heterocycles. The molecule has 1 N–H and O–H groups in total. The van der Waals surface area contributed by atoms with Crippen molar-refractivity contribution in [1.29, 1.82) is 0 Å². The first-order valence-electron chi connectivity index (χ1n) is 9.88. The number of aliphatic imine (C=N–C) groups is 1. The van der Waals surface area contributed by atoms with Gasteiger partial charge in [0.1, 0.15) is 12.1 Å². The largest absolute Gasteiger partial charge is 0.389 e. The number of fused-ring (bicyclic) bond motifs is 1. The third-order valence-corrected chi connectivity index (χ3v) is 4.97. The lowest BCUT2D eigenvalue weighted by atomic mass is 10.1. The Balaban J connectivity index is 1.68. The Morgan fingerprint density at radius 1 is 1.29 bits per heavy atom. The van der Waals surface area contributed by atoms with Crippen molar-refractivity contribution in [2.75, 3.05) is 11.4 Å². The zero-order valence-corrected chi connectivity index (χ0v) is 17.6. The van der Waals surface area contributed by atoms with Crippen molar-refractivity contribution in [3.05, 3.63) is 65.6 Å². The number of amidine groups is 1. The molecule has 4 rings (SSSR count). The molecule has 1 aliphatic heterocycles. The molecule has 0 saturated heterocycles. The second-order valence-electron chi connectivity index (χ2n) is 8.25. The molecule has 0 spiro atoms. The predicted octanol–water partition coefficient (Wildman–Crippen LogP) is 2.67. The molecule has 0 fully saturated rings. The second-order valence-corrected chi connectivity index (χ2v) is 8.25. The lowest BCUT2D eigenvalue weighted by Gasteiger charge is -2.27. The highest BCUT2D eigenvalue weighted by Gasteiger charge is 2.30. The summed E-state index contributed by atoms with van der Waals surface area (Å²) >= 11 is 0. The Kier molecular flexibility index (Phi) is 5.24. The number of hydrogen-bond donors (Lipinski definition) is 1. The van der Waals surface area contributed by atoms with Gasteiger partial charge in [0.15, 0.2) is 0 Å². The van der Waals surface area contributed by atoms with Crippen molar-refractivity contribution >= 4 is 23.7 Å². The van der Waals surface area contributed by atoms with Crippen molar-refractivity contribution in [3.63, 3.8) is 0 Å². The summed E-state index contributed by atoms with van der Waals surface area (Å²) in [5.74, 6) is 0.136. The van der Waals surface area contributed by atoms with Crippen molar-refractivity contribution < 1.29 is 14.7 Å². The van der Waals surface area contributed by atoms with Gasteiger partial charge in [-0.2, -0.15) is 10.1 Å². The number of aliphatic hydroxyl groups is 1. The van der Waals surface area contributed by atoms with Crippen LogP contribution in [-0.4, -0.2) is 50.0 Å². The number of carbonyl (C=O) groups is 2. The molecule has 31 heavy (non-hydrogen) atoms. The van der Waals surface area contributed by atoms with E-state index in [1.165, 1.54) is 0 Å². The molecule has 0 radical (unpaired) electrons. The van der Waals surface area contributed by atoms with Crippen LogP contribution in [0.1, 0.15) is 40.1 Å². The molecule has 0 atom stereocenters. The molecule has 0 unspecified atom stereocenters. The molecular formula is C23H23N5O3. The number of β-amino-alcohol motifs (C(OH)–C–C–N with tert-alkyl or cyclic N) is 1. The fourth-order valence-corrected chi connectivity index (χ4v) is 3.61. The molecule has 8 heteroatoms. The molecule has 158 valence electrons. The molecule has 1 amide bonds. The SMILES string of the molecule is Cn1cc(-c2cc(C(=O)N=C3Cc4cc(C=O)ccc4N3CC(C)(C)O)ccn2)cn1. The molecule has 1 aliphatic rings. The molecule has 0 saturated carbocycles. The summed E-state index contributed by atoms with van der Waals surface area (Å²) in [7, 11) is 1.81. The van der Waals surface area contributed by atoms with Crippen LogP contribution in [0.2, 0.25) is 0 Å². The average Bonchev–Trinajstić information content (AvgIpc) is 3.30. The zero-order chi connectivity index (χ0) is 22.2. The van der Waals surface area contributed by atoms with E-state index in [4.69, 9.17) is 0 Å². The van der Waals surface area contributed by atoms with Crippen LogP contribution in [0.3, 0.4) is 0 Å². The van der Waals surface area contributed by atoms with Crippen LogP contribution in [0.25, 0.3) is 11.3 Å². The van der Waals surface area contributed by atoms with Gasteiger partial charge >= 0.3 is 0 Å². The number of benzene rings is 1. The van der Waals surface area contributed by atoms with Gasteiger partial charge in [-0.3, -0.25) is 19.3 Å². The summed E-state index contributed by atoms with van der Waals surface area (Å²) < 4.78 is 1.67. The topological polar surface area (TPSA) is 101 Å². The first-order valence-corrected chi connectivity index (χ1v) is 9.88. The summed E-state index contributed by atoms with van der Waals surface area (Å²) in [4.78, 5) is 34.7. The van der Waals surface area contributed by atoms with Gasteiger partial charge in [0.05, 0.1) is 24.0 Å². The minimum absolute atomic E-state index is 0.268. The molecule has 8 nitrogen and oxygen atoms in total. The zero-order valence-electron chi connectivity index (χ0n) is 17.6. The Labute approximate surface area is 179 Å². The number of rotatable bonds is 5. The van der Waals surface area contributed by atoms with Crippen molar-refractivity contribution in [1.82, 2.24) is 14.8 Å². The number of amides is 1. The number of anilines is 1. The van der Waals surface area contributed by atoms with Crippen LogP contribution in [0.5, 0.6) is 0 Å². The summed E-state index contributed by atoms with van der Waals surface area (Å²) in [5, 5.41) is 14.5. The van der Waals surface area contributed by atoms with Crippen LogP contribution < -0.4 is 4.90 Å². The molecule has 2 aromatic heterocycles. The number of hydrogen-bond acceptors (Lipinski definition) is 5. The van der Waals surface area contributed by atoms with Gasteiger partial charge in [0.2, 0.25) is 0 Å². The third-order valence-electron chi connectivity index (χ3n) is 4.97. The lowest BCUT2D eigenvalue weighted by molar-refractivity contribution is 0.0901. The lowest BCUT2D eigenvalue weighted by Crippen LogP contribution is -2.40. The Morgan fingerprint density at radius 2 is 2.10 bits per heavy atom. The molecule has 0 bridgehead atoms. The maximum absolute atomic E-state index is 13.0. The molecule has 3 aromatic rings. The number of carbonyl (C=O) groups excluding carboxylic acids is 2. The summed E-state index contributed by atoms with van der Waals surface area (Å²) in [5.41, 5.74) is 3.15. The Morgan fingerprint density at radius 3 is 2.77 bits per heavy atom. The molecular weight excluding hydrogens is 394 g/mol. The van der Waals surface area contributed by atoms with Crippen LogP contribution in [0, 0.1) is 0 Å². The second kappa shape index (κ2) is 7.88. The highest BCUT2D eigenvalue weighted by Crippen LogP contribution is 2.32. The number of aryl methyl sites for hydroxylation is 1. The molecule has 1 aromatic carbocycles. The quantitative estimate of drug-likeness (QED) is 0.641. The van der Waals surface area contributed by atoms with E-state index in [1.54, 1.807) is 55.2 Å². The minimum atomic E-state index is -1.00. The van der Waals surface area contributed by atoms with E-state index in [-0.39, 0.29) is 6.54 Å². The minimum Gasteiger partial charge on any atom is -0.389 e. The number of aldehydes is 1. The average molecular weight is 417 g/mol. The van der Waals surface area contributed by atoms with E-state index < -0.39 is 11.5 Å². The van der Waals surface area contributed by atoms with Crippen molar-refractivity contribution in [2.45, 2.75) is 25.9 Å². The monoisotopic (exact) mass is 417 g/mol. The maximum Gasteiger partial charge on any atom is 0.278 e. The van der Waals surface area contributed by atoms with Gasteiger partial charge in [-0.1, -0.05) is 0 Å². The van der Waals surface area contributed by atoms with Gasteiger partial charge in [-0.15, -0.1) is 0 Å². The van der Waals surface area contributed by atoms with Crippen LogP contribution in [0.15, 0.2) is 53.9 Å². The highest BCUT2D eigenvalue weighted by molar-refractivity contribution is 6.12. The normalized spacial score (nSPS) is 14.7. The number of nitrogens with zero attached hydrogens (tertiary/aromatic N) is 5. The number of aromatic nitrogens is 3. The first kappa shape index (κ1) is 20.6. The van der Waals surface area contributed by atoms with E-state index in [0.717, 1.165) is 23.1 Å². The van der Waals surface area contributed by atoms with Gasteiger partial charge in [-0.05, 0) is 49.7 Å². The fraction of sp³-hybridized carbons (Fsp3) is 0.261. The molecule has 0 aliphatic carbocycles. The van der Waals surface area contributed by atoms with E-state index in [2.05, 4.69) is 15.1 Å². The van der Waals surface area contributed by atoms with E-state index in [1.807, 2.05) is 24.2 Å².